The number of nitrogens with one attached hydrogen (secondary N) is 1. The molecule has 0 bridgehead atoms. The molecule has 5 heteroatoms. The number of nitriles is 1. The monoisotopic (exact) mass is 236 g/mol. The number of aromatic nitrogens is 2. The van der Waals surface area contributed by atoms with E-state index < -0.39 is 5.54 Å². The number of thioether (sulfide) groups is 1. The molecule has 4 nitrogen and oxygen atoms in total. The summed E-state index contributed by atoms with van der Waals surface area (Å²) in [6.45, 7) is 3.99. The average Bonchev–Trinajstić information content (AvgIpc) is 2.30. The van der Waals surface area contributed by atoms with E-state index in [4.69, 9.17) is 5.26 Å². The summed E-state index contributed by atoms with van der Waals surface area (Å²) in [5, 5.41) is 13.3. The summed E-state index contributed by atoms with van der Waals surface area (Å²) in [4.78, 5) is 8.21. The Kier molecular flexibility index (Phi) is 4.71. The maximum absolute atomic E-state index is 9.05. The van der Waals surface area contributed by atoms with Gasteiger partial charge in [0.2, 0.25) is 0 Å². The summed E-state index contributed by atoms with van der Waals surface area (Å²) in [6.07, 6.45) is 5.84. The minimum Gasteiger partial charge on any atom is -0.303 e. The van der Waals surface area contributed by atoms with Crippen LogP contribution in [0.3, 0.4) is 0 Å². The number of rotatable bonds is 5. The van der Waals surface area contributed by atoms with E-state index in [2.05, 4.69) is 28.3 Å². The van der Waals surface area contributed by atoms with Crippen LogP contribution in [0.4, 0.5) is 0 Å². The van der Waals surface area contributed by atoms with Gasteiger partial charge in [-0.1, -0.05) is 6.92 Å². The smallest absolute Gasteiger partial charge is 0.115 e. The fraction of sp³-hybridized carbons (Fsp3) is 0.545. The van der Waals surface area contributed by atoms with Crippen LogP contribution in [0.1, 0.15) is 20.3 Å². The van der Waals surface area contributed by atoms with Gasteiger partial charge in [-0.3, -0.25) is 4.98 Å². The molecule has 0 spiro atoms. The van der Waals surface area contributed by atoms with E-state index in [0.29, 0.717) is 5.25 Å². The largest absolute Gasteiger partial charge is 0.303 e. The van der Waals surface area contributed by atoms with Crippen LogP contribution in [-0.4, -0.2) is 27.8 Å². The Morgan fingerprint density at radius 2 is 2.38 bits per heavy atom. The van der Waals surface area contributed by atoms with Gasteiger partial charge in [0.05, 0.1) is 12.3 Å². The maximum atomic E-state index is 9.05. The quantitative estimate of drug-likeness (QED) is 0.790. The molecule has 0 aromatic carbocycles. The highest BCUT2D eigenvalue weighted by Crippen LogP contribution is 2.26. The molecule has 1 aromatic heterocycles. The van der Waals surface area contributed by atoms with Crippen molar-refractivity contribution in [3.63, 3.8) is 0 Å². The van der Waals surface area contributed by atoms with E-state index >= 15 is 0 Å². The first-order valence-electron chi connectivity index (χ1n) is 5.12. The molecule has 0 amide bonds. The molecular weight excluding hydrogens is 220 g/mol. The zero-order valence-electron chi connectivity index (χ0n) is 9.77. The highest BCUT2D eigenvalue weighted by atomic mass is 32.2. The molecule has 1 rings (SSSR count). The molecule has 0 fully saturated rings. The van der Waals surface area contributed by atoms with Crippen LogP contribution in [0.25, 0.3) is 0 Å². The van der Waals surface area contributed by atoms with Crippen molar-refractivity contribution in [2.75, 3.05) is 7.05 Å². The van der Waals surface area contributed by atoms with Crippen molar-refractivity contribution in [3.8, 4) is 6.07 Å². The molecule has 0 aliphatic heterocycles. The average molecular weight is 236 g/mol. The Morgan fingerprint density at radius 3 is 2.88 bits per heavy atom. The number of hydrogen-bond donors (Lipinski definition) is 1. The maximum Gasteiger partial charge on any atom is 0.115 e. The second-order valence-corrected chi connectivity index (χ2v) is 5.33. The second-order valence-electron chi connectivity index (χ2n) is 3.87. The number of nitrogens with zero attached hydrogens (tertiary/aromatic N) is 3. The fourth-order valence-corrected chi connectivity index (χ4v) is 2.44. The molecule has 86 valence electrons. The summed E-state index contributed by atoms with van der Waals surface area (Å²) >= 11 is 1.64. The molecule has 1 N–H and O–H groups in total. The summed E-state index contributed by atoms with van der Waals surface area (Å²) in [6, 6.07) is 2.28. The van der Waals surface area contributed by atoms with Crippen LogP contribution in [0.15, 0.2) is 23.6 Å². The van der Waals surface area contributed by atoms with Gasteiger partial charge in [-0.15, -0.1) is 11.8 Å². The molecule has 16 heavy (non-hydrogen) atoms. The summed E-state index contributed by atoms with van der Waals surface area (Å²) in [5.74, 6) is 0. The zero-order valence-corrected chi connectivity index (χ0v) is 10.6. The van der Waals surface area contributed by atoms with Crippen molar-refractivity contribution >= 4 is 11.8 Å². The Balaban J connectivity index is 2.55. The van der Waals surface area contributed by atoms with Crippen molar-refractivity contribution in [3.05, 3.63) is 18.6 Å². The van der Waals surface area contributed by atoms with Gasteiger partial charge in [0, 0.05) is 17.6 Å². The van der Waals surface area contributed by atoms with Crippen molar-refractivity contribution in [2.24, 2.45) is 0 Å². The SMILES string of the molecule is CNC(C)(C#N)CC(C)Sc1cnccn1. The first kappa shape index (κ1) is 12.9. The van der Waals surface area contributed by atoms with Crippen molar-refractivity contribution in [1.82, 2.24) is 15.3 Å². The van der Waals surface area contributed by atoms with Gasteiger partial charge in [-0.25, -0.2) is 4.98 Å². The van der Waals surface area contributed by atoms with Gasteiger partial charge < -0.3 is 5.32 Å². The first-order chi connectivity index (χ1) is 7.59. The molecule has 1 aromatic rings. The molecule has 0 saturated carbocycles. The van der Waals surface area contributed by atoms with Crippen LogP contribution in [-0.2, 0) is 0 Å². The van der Waals surface area contributed by atoms with Gasteiger partial charge >= 0.3 is 0 Å². The third kappa shape index (κ3) is 3.80. The third-order valence-corrected chi connectivity index (χ3v) is 3.38. The second kappa shape index (κ2) is 5.83. The van der Waals surface area contributed by atoms with Gasteiger partial charge in [-0.05, 0) is 20.4 Å². The standard InChI is InChI=1S/C11H16N4S/c1-9(6-11(2,8-12)13-3)16-10-7-14-4-5-15-10/h4-5,7,9,13H,6H2,1-3H3. The van der Waals surface area contributed by atoms with E-state index in [0.717, 1.165) is 11.4 Å². The summed E-state index contributed by atoms with van der Waals surface area (Å²) < 4.78 is 0. The minimum absolute atomic E-state index is 0.314. The predicted molar refractivity (Wildman–Crippen MR) is 65.0 cm³/mol. The zero-order chi connectivity index (χ0) is 12.0. The Labute approximate surface area is 100 Å². The van der Waals surface area contributed by atoms with Crippen LogP contribution in [0.2, 0.25) is 0 Å². The lowest BCUT2D eigenvalue weighted by atomic mass is 9.98. The van der Waals surface area contributed by atoms with Crippen LogP contribution >= 0.6 is 11.8 Å². The lowest BCUT2D eigenvalue weighted by Crippen LogP contribution is -2.40. The van der Waals surface area contributed by atoms with E-state index in [-0.39, 0.29) is 0 Å². The molecule has 1 heterocycles. The van der Waals surface area contributed by atoms with Gasteiger partial charge in [0.15, 0.2) is 0 Å². The van der Waals surface area contributed by atoms with Gasteiger partial charge in [0.25, 0.3) is 0 Å². The molecule has 0 aliphatic rings. The lowest BCUT2D eigenvalue weighted by molar-refractivity contribution is 0.455. The molecular formula is C11H16N4S. The van der Waals surface area contributed by atoms with E-state index in [1.807, 2.05) is 14.0 Å². The molecule has 2 unspecified atom stereocenters. The van der Waals surface area contributed by atoms with Gasteiger partial charge in [-0.2, -0.15) is 5.26 Å². The van der Waals surface area contributed by atoms with E-state index in [1.165, 1.54) is 0 Å². The molecule has 0 radical (unpaired) electrons. The minimum atomic E-state index is -0.478. The van der Waals surface area contributed by atoms with Crippen molar-refractivity contribution < 1.29 is 0 Å². The van der Waals surface area contributed by atoms with Crippen molar-refractivity contribution in [2.45, 2.75) is 36.1 Å². The highest BCUT2D eigenvalue weighted by molar-refractivity contribution is 7.99. The molecule has 0 saturated heterocycles. The normalized spacial score (nSPS) is 16.1. The predicted octanol–water partition coefficient (Wildman–Crippen LogP) is 1.85. The Morgan fingerprint density at radius 1 is 1.62 bits per heavy atom. The van der Waals surface area contributed by atoms with Crippen molar-refractivity contribution in [1.29, 1.82) is 5.26 Å². The summed E-state index contributed by atoms with van der Waals surface area (Å²) in [7, 11) is 1.81. The molecule has 0 aliphatic carbocycles. The molecule has 2 atom stereocenters. The summed E-state index contributed by atoms with van der Waals surface area (Å²) in [5.41, 5.74) is -0.478. The Hall–Kier alpha value is -1.12. The highest BCUT2D eigenvalue weighted by Gasteiger charge is 2.24. The topological polar surface area (TPSA) is 61.6 Å². The van der Waals surface area contributed by atoms with Gasteiger partial charge in [0.1, 0.15) is 10.6 Å². The fourth-order valence-electron chi connectivity index (χ4n) is 1.37. The lowest BCUT2D eigenvalue weighted by Gasteiger charge is -2.23. The first-order valence-corrected chi connectivity index (χ1v) is 6.00. The van der Waals surface area contributed by atoms with Crippen LogP contribution < -0.4 is 5.32 Å². The van der Waals surface area contributed by atoms with Crippen LogP contribution in [0.5, 0.6) is 0 Å². The van der Waals surface area contributed by atoms with Crippen LogP contribution in [0, 0.1) is 11.3 Å². The van der Waals surface area contributed by atoms with E-state index in [9.17, 15) is 0 Å². The number of hydrogen-bond acceptors (Lipinski definition) is 5. The van der Waals surface area contributed by atoms with E-state index in [1.54, 1.807) is 30.4 Å². The Bertz CT molecular complexity index is 362. The third-order valence-electron chi connectivity index (χ3n) is 2.36.